The third-order valence-corrected chi connectivity index (χ3v) is 4.25. The number of nitro groups is 1. The van der Waals surface area contributed by atoms with E-state index in [0.29, 0.717) is 5.56 Å². The predicted molar refractivity (Wildman–Crippen MR) is 109 cm³/mol. The van der Waals surface area contributed by atoms with Gasteiger partial charge < -0.3 is 20.3 Å². The third-order valence-electron chi connectivity index (χ3n) is 4.25. The molecule has 31 heavy (non-hydrogen) atoms. The summed E-state index contributed by atoms with van der Waals surface area (Å²) in [5.41, 5.74) is -0.0523. The average molecular weight is 432 g/mol. The molecule has 2 N–H and O–H groups in total. The second-order valence-electron chi connectivity index (χ2n) is 7.14. The summed E-state index contributed by atoms with van der Waals surface area (Å²) < 4.78 is 5.08. The lowest BCUT2D eigenvalue weighted by molar-refractivity contribution is -0.384. The van der Waals surface area contributed by atoms with Gasteiger partial charge in [-0.15, -0.1) is 0 Å². The number of piperazine rings is 1. The Morgan fingerprint density at radius 2 is 2.10 bits per heavy atom. The Hall–Kier alpha value is -3.76. The summed E-state index contributed by atoms with van der Waals surface area (Å²) in [7, 11) is 0. The molecule has 1 unspecified atom stereocenters. The topological polar surface area (TPSA) is 148 Å². The maximum absolute atomic E-state index is 13.2. The fourth-order valence-corrected chi connectivity index (χ4v) is 3.02. The average Bonchev–Trinajstić information content (AvgIpc) is 2.67. The summed E-state index contributed by atoms with van der Waals surface area (Å²) in [6.07, 6.45) is 0.555. The molecule has 1 fully saturated rings. The molecule has 0 aliphatic carbocycles. The SMILES string of the molecule is CC(=O)NC(=Cc1cccc([N+](=O)[O-])c1)C(=O)N1CCNC(=O)C1CC(=O)OC(C)C. The van der Waals surface area contributed by atoms with Gasteiger partial charge in [0, 0.05) is 32.1 Å². The van der Waals surface area contributed by atoms with Gasteiger partial charge in [0.1, 0.15) is 11.7 Å². The Labute approximate surface area is 178 Å². The molecule has 0 radical (unpaired) electrons. The number of nitro benzene ring substituents is 1. The summed E-state index contributed by atoms with van der Waals surface area (Å²) in [6.45, 7) is 4.81. The second-order valence-corrected chi connectivity index (χ2v) is 7.14. The highest BCUT2D eigenvalue weighted by atomic mass is 16.6. The van der Waals surface area contributed by atoms with Crippen LogP contribution in [0, 0.1) is 10.1 Å². The normalized spacial score (nSPS) is 16.5. The van der Waals surface area contributed by atoms with Gasteiger partial charge in [-0.3, -0.25) is 29.3 Å². The van der Waals surface area contributed by atoms with Gasteiger partial charge in [0.25, 0.3) is 11.6 Å². The molecule has 3 amide bonds. The van der Waals surface area contributed by atoms with Crippen LogP contribution in [-0.4, -0.2) is 58.7 Å². The Kier molecular flexibility index (Phi) is 7.83. The molecule has 1 saturated heterocycles. The van der Waals surface area contributed by atoms with Gasteiger partial charge in [-0.25, -0.2) is 0 Å². The van der Waals surface area contributed by atoms with Crippen molar-refractivity contribution in [2.24, 2.45) is 0 Å². The van der Waals surface area contributed by atoms with Crippen LogP contribution in [0.15, 0.2) is 30.0 Å². The van der Waals surface area contributed by atoms with Crippen LogP contribution in [0.4, 0.5) is 5.69 Å². The van der Waals surface area contributed by atoms with Crippen LogP contribution in [0.25, 0.3) is 6.08 Å². The number of carbonyl (C=O) groups is 4. The molecule has 2 rings (SSSR count). The highest BCUT2D eigenvalue weighted by Gasteiger charge is 2.36. The summed E-state index contributed by atoms with van der Waals surface area (Å²) in [6, 6.07) is 4.40. The number of amides is 3. The van der Waals surface area contributed by atoms with E-state index in [-0.39, 0.29) is 37.0 Å². The maximum atomic E-state index is 13.2. The van der Waals surface area contributed by atoms with E-state index in [1.165, 1.54) is 42.2 Å². The highest BCUT2D eigenvalue weighted by molar-refractivity contribution is 6.03. The van der Waals surface area contributed by atoms with E-state index in [0.717, 1.165) is 0 Å². The zero-order valence-corrected chi connectivity index (χ0v) is 17.4. The van der Waals surface area contributed by atoms with Crippen LogP contribution in [0.1, 0.15) is 32.8 Å². The van der Waals surface area contributed by atoms with Crippen LogP contribution in [0.5, 0.6) is 0 Å². The van der Waals surface area contributed by atoms with Gasteiger partial charge in [0.05, 0.1) is 17.4 Å². The first-order chi connectivity index (χ1) is 14.6. The quantitative estimate of drug-likeness (QED) is 0.279. The summed E-state index contributed by atoms with van der Waals surface area (Å²) in [5, 5.41) is 16.0. The van der Waals surface area contributed by atoms with E-state index in [4.69, 9.17) is 4.74 Å². The van der Waals surface area contributed by atoms with E-state index in [1.807, 2.05) is 0 Å². The van der Waals surface area contributed by atoms with Crippen molar-refractivity contribution in [3.63, 3.8) is 0 Å². The van der Waals surface area contributed by atoms with Gasteiger partial charge in [-0.1, -0.05) is 12.1 Å². The molecule has 1 heterocycles. The summed E-state index contributed by atoms with van der Waals surface area (Å²) in [5.74, 6) is -2.39. The predicted octanol–water partition coefficient (Wildman–Crippen LogP) is 0.741. The van der Waals surface area contributed by atoms with Crippen molar-refractivity contribution in [2.75, 3.05) is 13.1 Å². The number of carbonyl (C=O) groups excluding carboxylic acids is 4. The highest BCUT2D eigenvalue weighted by Crippen LogP contribution is 2.18. The first-order valence-corrected chi connectivity index (χ1v) is 9.60. The standard InChI is InChI=1S/C20H24N4O7/c1-12(2)31-18(26)11-17-19(27)21-7-8-23(17)20(28)16(22-13(3)25)10-14-5-4-6-15(9-14)24(29)30/h4-6,9-10,12,17H,7-8,11H2,1-3H3,(H,21,27)(H,22,25). The molecule has 0 aromatic heterocycles. The van der Waals surface area contributed by atoms with E-state index >= 15 is 0 Å². The Morgan fingerprint density at radius 3 is 2.71 bits per heavy atom. The van der Waals surface area contributed by atoms with Gasteiger partial charge in [-0.2, -0.15) is 0 Å². The smallest absolute Gasteiger partial charge is 0.308 e. The number of ether oxygens (including phenoxy) is 1. The van der Waals surface area contributed by atoms with Crippen LogP contribution in [0.3, 0.4) is 0 Å². The van der Waals surface area contributed by atoms with Crippen molar-refractivity contribution < 1.29 is 28.8 Å². The van der Waals surface area contributed by atoms with E-state index in [9.17, 15) is 29.3 Å². The number of hydrogen-bond donors (Lipinski definition) is 2. The molecule has 0 bridgehead atoms. The van der Waals surface area contributed by atoms with Crippen molar-refractivity contribution in [3.8, 4) is 0 Å². The Bertz CT molecular complexity index is 926. The number of non-ortho nitro benzene ring substituents is 1. The van der Waals surface area contributed by atoms with Crippen LogP contribution >= 0.6 is 0 Å². The minimum absolute atomic E-state index is 0.107. The molecule has 1 atom stereocenters. The fraction of sp³-hybridized carbons (Fsp3) is 0.400. The third kappa shape index (κ3) is 6.63. The lowest BCUT2D eigenvalue weighted by Gasteiger charge is -2.35. The van der Waals surface area contributed by atoms with Crippen LogP contribution < -0.4 is 10.6 Å². The molecule has 11 heteroatoms. The molecule has 1 aromatic carbocycles. The zero-order valence-electron chi connectivity index (χ0n) is 17.4. The summed E-state index contributed by atoms with van der Waals surface area (Å²) in [4.78, 5) is 60.9. The zero-order chi connectivity index (χ0) is 23.1. The number of benzene rings is 1. The van der Waals surface area contributed by atoms with E-state index < -0.39 is 34.7 Å². The van der Waals surface area contributed by atoms with Crippen molar-refractivity contribution in [2.45, 2.75) is 39.3 Å². The second kappa shape index (κ2) is 10.3. The Balaban J connectivity index is 2.36. The molecule has 1 aliphatic heterocycles. The molecular weight excluding hydrogens is 408 g/mol. The first kappa shape index (κ1) is 23.5. The van der Waals surface area contributed by atoms with Crippen molar-refractivity contribution in [1.29, 1.82) is 0 Å². The molecule has 1 aliphatic rings. The van der Waals surface area contributed by atoms with Gasteiger partial charge in [0.2, 0.25) is 11.8 Å². The number of esters is 1. The fourth-order valence-electron chi connectivity index (χ4n) is 3.02. The van der Waals surface area contributed by atoms with E-state index in [2.05, 4.69) is 10.6 Å². The van der Waals surface area contributed by atoms with Gasteiger partial charge in [0.15, 0.2) is 0 Å². The minimum Gasteiger partial charge on any atom is -0.463 e. The number of nitrogens with zero attached hydrogens (tertiary/aromatic N) is 2. The lowest BCUT2D eigenvalue weighted by atomic mass is 10.1. The van der Waals surface area contributed by atoms with Crippen LogP contribution in [0.2, 0.25) is 0 Å². The minimum atomic E-state index is -1.12. The Morgan fingerprint density at radius 1 is 1.39 bits per heavy atom. The van der Waals surface area contributed by atoms with Crippen molar-refractivity contribution in [3.05, 3.63) is 45.6 Å². The van der Waals surface area contributed by atoms with Crippen molar-refractivity contribution >= 4 is 35.5 Å². The van der Waals surface area contributed by atoms with E-state index in [1.54, 1.807) is 13.8 Å². The number of nitrogens with one attached hydrogen (secondary N) is 2. The molecule has 166 valence electrons. The first-order valence-electron chi connectivity index (χ1n) is 9.60. The maximum Gasteiger partial charge on any atom is 0.308 e. The largest absolute Gasteiger partial charge is 0.463 e. The number of rotatable bonds is 7. The lowest BCUT2D eigenvalue weighted by Crippen LogP contribution is -2.59. The number of hydrogen-bond acceptors (Lipinski definition) is 7. The van der Waals surface area contributed by atoms with Crippen molar-refractivity contribution in [1.82, 2.24) is 15.5 Å². The van der Waals surface area contributed by atoms with Gasteiger partial charge >= 0.3 is 5.97 Å². The molecule has 0 saturated carbocycles. The molecular formula is C20H24N4O7. The van der Waals surface area contributed by atoms with Crippen LogP contribution in [-0.2, 0) is 23.9 Å². The monoisotopic (exact) mass is 432 g/mol. The van der Waals surface area contributed by atoms with Gasteiger partial charge in [-0.05, 0) is 25.5 Å². The summed E-state index contributed by atoms with van der Waals surface area (Å²) >= 11 is 0. The molecule has 1 aromatic rings. The molecule has 0 spiro atoms. The molecule has 11 nitrogen and oxygen atoms in total.